The van der Waals surface area contributed by atoms with Crippen LogP contribution < -0.4 is 11.2 Å². The molecular weight excluding hydrogens is 282 g/mol. The first-order chi connectivity index (χ1) is 10.5. The highest BCUT2D eigenvalue weighted by Crippen LogP contribution is 2.32. The van der Waals surface area contributed by atoms with Gasteiger partial charge in [0.25, 0.3) is 5.56 Å². The van der Waals surface area contributed by atoms with Crippen molar-refractivity contribution in [3.63, 3.8) is 0 Å². The highest BCUT2D eigenvalue weighted by atomic mass is 16.2. The Bertz CT molecular complexity index is 801. The lowest BCUT2D eigenvalue weighted by atomic mass is 10.1. The van der Waals surface area contributed by atoms with E-state index < -0.39 is 0 Å². The van der Waals surface area contributed by atoms with E-state index in [0.29, 0.717) is 12.6 Å². The lowest BCUT2D eigenvalue weighted by molar-refractivity contribution is 0.241. The van der Waals surface area contributed by atoms with Gasteiger partial charge in [-0.2, -0.15) is 5.10 Å². The van der Waals surface area contributed by atoms with Crippen molar-refractivity contribution in [2.45, 2.75) is 25.4 Å². The molecular formula is C15H21N5O2. The molecule has 1 atom stereocenters. The van der Waals surface area contributed by atoms with Gasteiger partial charge in [0.05, 0.1) is 6.20 Å². The van der Waals surface area contributed by atoms with Crippen LogP contribution in [0.2, 0.25) is 0 Å². The Balaban J connectivity index is 1.90. The molecule has 1 aliphatic heterocycles. The van der Waals surface area contributed by atoms with E-state index in [1.54, 1.807) is 22.4 Å². The van der Waals surface area contributed by atoms with Crippen molar-refractivity contribution in [3.05, 3.63) is 50.6 Å². The maximum atomic E-state index is 12.0. The standard InChI is InChI=1S/C15H21N5O2/c1-17-9-11(8-16-17)13-5-4-6-20(13)10-12-7-14(21)19(3)15(22)18(12)2/h7-9,13H,4-6,10H2,1-3H3. The molecule has 0 N–H and O–H groups in total. The van der Waals surface area contributed by atoms with E-state index in [9.17, 15) is 9.59 Å². The van der Waals surface area contributed by atoms with Gasteiger partial charge in [-0.05, 0) is 19.4 Å². The van der Waals surface area contributed by atoms with Crippen LogP contribution in [0.4, 0.5) is 0 Å². The van der Waals surface area contributed by atoms with Gasteiger partial charge in [-0.3, -0.25) is 23.5 Å². The second-order valence-electron chi connectivity index (χ2n) is 5.95. The molecule has 0 bridgehead atoms. The molecule has 3 heterocycles. The second kappa shape index (κ2) is 5.57. The topological polar surface area (TPSA) is 65.1 Å². The number of rotatable bonds is 3. The van der Waals surface area contributed by atoms with E-state index in [0.717, 1.165) is 29.6 Å². The van der Waals surface area contributed by atoms with Gasteiger partial charge in [0.1, 0.15) is 0 Å². The number of likely N-dealkylation sites (tertiary alicyclic amines) is 1. The molecule has 0 amide bonds. The van der Waals surface area contributed by atoms with E-state index in [1.165, 1.54) is 12.6 Å². The summed E-state index contributed by atoms with van der Waals surface area (Å²) in [5.41, 5.74) is 1.41. The highest BCUT2D eigenvalue weighted by Gasteiger charge is 2.27. The predicted octanol–water partition coefficient (Wildman–Crippen LogP) is 0.155. The summed E-state index contributed by atoms with van der Waals surface area (Å²) in [5.74, 6) is 0. The Hall–Kier alpha value is -2.15. The third-order valence-corrected chi connectivity index (χ3v) is 4.46. The zero-order valence-electron chi connectivity index (χ0n) is 13.2. The fourth-order valence-corrected chi connectivity index (χ4v) is 3.14. The lowest BCUT2D eigenvalue weighted by Crippen LogP contribution is -2.39. The van der Waals surface area contributed by atoms with Gasteiger partial charge in [-0.25, -0.2) is 4.79 Å². The van der Waals surface area contributed by atoms with Crippen LogP contribution in [0.3, 0.4) is 0 Å². The molecule has 1 saturated heterocycles. The summed E-state index contributed by atoms with van der Waals surface area (Å²) < 4.78 is 4.49. The summed E-state index contributed by atoms with van der Waals surface area (Å²) in [6.07, 6.45) is 6.11. The first-order valence-electron chi connectivity index (χ1n) is 7.46. The van der Waals surface area contributed by atoms with Crippen molar-refractivity contribution in [1.82, 2.24) is 23.8 Å². The van der Waals surface area contributed by atoms with E-state index >= 15 is 0 Å². The van der Waals surface area contributed by atoms with Crippen molar-refractivity contribution in [2.24, 2.45) is 21.1 Å². The Labute approximate surface area is 128 Å². The maximum absolute atomic E-state index is 12.0. The average Bonchev–Trinajstić information content (AvgIpc) is 3.11. The molecule has 22 heavy (non-hydrogen) atoms. The fourth-order valence-electron chi connectivity index (χ4n) is 3.14. The second-order valence-corrected chi connectivity index (χ2v) is 5.95. The van der Waals surface area contributed by atoms with Crippen LogP contribution in [0.1, 0.15) is 30.1 Å². The number of nitrogens with zero attached hydrogens (tertiary/aromatic N) is 5. The molecule has 2 aromatic rings. The molecule has 0 aliphatic carbocycles. The van der Waals surface area contributed by atoms with E-state index in [4.69, 9.17) is 0 Å². The zero-order valence-corrected chi connectivity index (χ0v) is 13.2. The van der Waals surface area contributed by atoms with Gasteiger partial charge in [0.2, 0.25) is 0 Å². The van der Waals surface area contributed by atoms with Gasteiger partial charge in [0.15, 0.2) is 0 Å². The van der Waals surface area contributed by atoms with Gasteiger partial charge < -0.3 is 0 Å². The van der Waals surface area contributed by atoms with Gasteiger partial charge in [-0.1, -0.05) is 0 Å². The monoisotopic (exact) mass is 303 g/mol. The Kier molecular flexibility index (Phi) is 3.74. The summed E-state index contributed by atoms with van der Waals surface area (Å²) in [5, 5.41) is 4.24. The summed E-state index contributed by atoms with van der Waals surface area (Å²) in [7, 11) is 5.13. The molecule has 0 aromatic carbocycles. The number of aryl methyl sites for hydroxylation is 1. The van der Waals surface area contributed by atoms with Crippen LogP contribution in [-0.4, -0.2) is 30.4 Å². The fraction of sp³-hybridized carbons (Fsp3) is 0.533. The first kappa shape index (κ1) is 14.8. The van der Waals surface area contributed by atoms with Crippen LogP contribution in [-0.2, 0) is 27.7 Å². The molecule has 1 aliphatic rings. The van der Waals surface area contributed by atoms with E-state index in [1.807, 2.05) is 19.4 Å². The van der Waals surface area contributed by atoms with Gasteiger partial charge in [0, 0.05) is 57.3 Å². The Morgan fingerprint density at radius 2 is 2.00 bits per heavy atom. The number of aromatic nitrogens is 4. The van der Waals surface area contributed by atoms with Crippen molar-refractivity contribution in [3.8, 4) is 0 Å². The molecule has 1 unspecified atom stereocenters. The van der Waals surface area contributed by atoms with Crippen LogP contribution >= 0.6 is 0 Å². The summed E-state index contributed by atoms with van der Waals surface area (Å²) in [4.78, 5) is 26.2. The predicted molar refractivity (Wildman–Crippen MR) is 82.5 cm³/mol. The van der Waals surface area contributed by atoms with Crippen molar-refractivity contribution >= 4 is 0 Å². The minimum atomic E-state index is -0.278. The third-order valence-electron chi connectivity index (χ3n) is 4.46. The SMILES string of the molecule is Cn1cc(C2CCCN2Cc2cc(=O)n(C)c(=O)n2C)cn1. The van der Waals surface area contributed by atoms with Crippen molar-refractivity contribution < 1.29 is 0 Å². The number of hydrogen-bond donors (Lipinski definition) is 0. The normalized spacial score (nSPS) is 19.0. The smallest absolute Gasteiger partial charge is 0.299 e. The third kappa shape index (κ3) is 2.52. The molecule has 0 saturated carbocycles. The van der Waals surface area contributed by atoms with Crippen LogP contribution in [0.15, 0.2) is 28.0 Å². The quantitative estimate of drug-likeness (QED) is 0.810. The van der Waals surface area contributed by atoms with Crippen LogP contribution in [0.5, 0.6) is 0 Å². The molecule has 1 fully saturated rings. The van der Waals surface area contributed by atoms with Gasteiger partial charge >= 0.3 is 5.69 Å². The minimum Gasteiger partial charge on any atom is -0.299 e. The summed E-state index contributed by atoms with van der Waals surface area (Å²) >= 11 is 0. The summed E-state index contributed by atoms with van der Waals surface area (Å²) in [6.45, 7) is 1.56. The Morgan fingerprint density at radius 3 is 2.68 bits per heavy atom. The lowest BCUT2D eigenvalue weighted by Gasteiger charge is -2.24. The Morgan fingerprint density at radius 1 is 1.23 bits per heavy atom. The molecule has 7 nitrogen and oxygen atoms in total. The highest BCUT2D eigenvalue weighted by molar-refractivity contribution is 5.13. The zero-order chi connectivity index (χ0) is 15.9. The van der Waals surface area contributed by atoms with Crippen molar-refractivity contribution in [2.75, 3.05) is 6.54 Å². The average molecular weight is 303 g/mol. The first-order valence-corrected chi connectivity index (χ1v) is 7.46. The summed E-state index contributed by atoms with van der Waals surface area (Å²) in [6, 6.07) is 1.85. The molecule has 0 radical (unpaired) electrons. The number of hydrogen-bond acceptors (Lipinski definition) is 4. The van der Waals surface area contributed by atoms with Gasteiger partial charge in [-0.15, -0.1) is 0 Å². The van der Waals surface area contributed by atoms with Crippen LogP contribution in [0.25, 0.3) is 0 Å². The van der Waals surface area contributed by atoms with E-state index in [-0.39, 0.29) is 11.2 Å². The molecule has 2 aromatic heterocycles. The molecule has 7 heteroatoms. The molecule has 3 rings (SSSR count). The van der Waals surface area contributed by atoms with Crippen LogP contribution in [0, 0.1) is 0 Å². The van der Waals surface area contributed by atoms with E-state index in [2.05, 4.69) is 10.00 Å². The van der Waals surface area contributed by atoms with Crippen molar-refractivity contribution in [1.29, 1.82) is 0 Å². The largest absolute Gasteiger partial charge is 0.330 e. The molecule has 118 valence electrons. The minimum absolute atomic E-state index is 0.254. The maximum Gasteiger partial charge on any atom is 0.330 e. The molecule has 0 spiro atoms.